The van der Waals surface area contributed by atoms with Crippen molar-refractivity contribution in [2.45, 2.75) is 4.90 Å². The number of carboxylic acid groups (broad SMARTS) is 1. The average Bonchev–Trinajstić information content (AvgIpc) is 2.82. The fraction of sp³-hybridized carbons (Fsp3) is 0.273. The number of nitrogens with zero attached hydrogens (tertiary/aromatic N) is 2. The lowest BCUT2D eigenvalue weighted by Crippen LogP contribution is -2.40. The molecule has 168 valence electrons. The fourth-order valence-electron chi connectivity index (χ4n) is 3.62. The van der Waals surface area contributed by atoms with Crippen LogP contribution >= 0.6 is 0 Å². The molecule has 0 aliphatic carbocycles. The number of sulfonamides is 1. The molecule has 1 aromatic heterocycles. The molecule has 0 spiro atoms. The van der Waals surface area contributed by atoms with E-state index in [9.17, 15) is 18.3 Å². The number of fused-ring (bicyclic) bond motifs is 1. The highest BCUT2D eigenvalue weighted by atomic mass is 32.2. The second-order valence-corrected chi connectivity index (χ2v) is 9.06. The SMILES string of the molecule is COc1ccc(-c2cc(C(=O)O)c3cc(S(=O)(=O)N4CCOCC4)ccc3n2)cc1OC. The fourth-order valence-corrected chi connectivity index (χ4v) is 5.06. The highest BCUT2D eigenvalue weighted by Gasteiger charge is 2.27. The number of methoxy groups -OCH3 is 2. The van der Waals surface area contributed by atoms with Crippen LogP contribution in [-0.4, -0.2) is 69.3 Å². The van der Waals surface area contributed by atoms with Crippen molar-refractivity contribution in [3.63, 3.8) is 0 Å². The maximum Gasteiger partial charge on any atom is 0.336 e. The third-order valence-corrected chi connectivity index (χ3v) is 7.19. The van der Waals surface area contributed by atoms with E-state index in [2.05, 4.69) is 4.98 Å². The van der Waals surface area contributed by atoms with E-state index in [-0.39, 0.29) is 28.9 Å². The Hall–Kier alpha value is -3.21. The first-order valence-electron chi connectivity index (χ1n) is 9.83. The minimum absolute atomic E-state index is 0.0232. The van der Waals surface area contributed by atoms with Crippen molar-refractivity contribution in [1.29, 1.82) is 0 Å². The molecule has 0 unspecified atom stereocenters. The lowest BCUT2D eigenvalue weighted by Gasteiger charge is -2.26. The van der Waals surface area contributed by atoms with Gasteiger partial charge in [-0.3, -0.25) is 0 Å². The molecule has 0 amide bonds. The number of hydrogen-bond acceptors (Lipinski definition) is 7. The van der Waals surface area contributed by atoms with E-state index in [1.54, 1.807) is 18.2 Å². The summed E-state index contributed by atoms with van der Waals surface area (Å²) in [5.41, 5.74) is 1.38. The summed E-state index contributed by atoms with van der Waals surface area (Å²) in [4.78, 5) is 16.6. The number of morpholine rings is 1. The molecule has 32 heavy (non-hydrogen) atoms. The second-order valence-electron chi connectivity index (χ2n) is 7.13. The Kier molecular flexibility index (Phi) is 6.00. The van der Waals surface area contributed by atoms with Gasteiger partial charge in [-0.2, -0.15) is 4.31 Å². The van der Waals surface area contributed by atoms with Crippen LogP contribution in [0.25, 0.3) is 22.2 Å². The summed E-state index contributed by atoms with van der Waals surface area (Å²) < 4.78 is 43.2. The summed E-state index contributed by atoms with van der Waals surface area (Å²) in [6.07, 6.45) is 0. The minimum atomic E-state index is -3.77. The number of pyridine rings is 1. The zero-order valence-corrected chi connectivity index (χ0v) is 18.4. The molecule has 2 aromatic carbocycles. The third kappa shape index (κ3) is 3.99. The van der Waals surface area contributed by atoms with Crippen molar-refractivity contribution in [3.8, 4) is 22.8 Å². The number of hydrogen-bond donors (Lipinski definition) is 1. The predicted molar refractivity (Wildman–Crippen MR) is 117 cm³/mol. The van der Waals surface area contributed by atoms with Crippen molar-refractivity contribution in [3.05, 3.63) is 48.0 Å². The monoisotopic (exact) mass is 458 g/mol. The van der Waals surface area contributed by atoms with Crippen LogP contribution in [0.3, 0.4) is 0 Å². The summed E-state index contributed by atoms with van der Waals surface area (Å²) in [5.74, 6) is -0.163. The van der Waals surface area contributed by atoms with Gasteiger partial charge in [-0.25, -0.2) is 18.2 Å². The maximum absolute atomic E-state index is 13.0. The maximum atomic E-state index is 13.0. The smallest absolute Gasteiger partial charge is 0.336 e. The van der Waals surface area contributed by atoms with Crippen LogP contribution in [0, 0.1) is 0 Å². The number of aromatic nitrogens is 1. The van der Waals surface area contributed by atoms with Gasteiger partial charge >= 0.3 is 5.97 Å². The van der Waals surface area contributed by atoms with Crippen LogP contribution in [0.4, 0.5) is 0 Å². The molecular weight excluding hydrogens is 436 g/mol. The van der Waals surface area contributed by atoms with Gasteiger partial charge in [-0.05, 0) is 42.5 Å². The summed E-state index contributed by atoms with van der Waals surface area (Å²) in [6.45, 7) is 1.15. The average molecular weight is 458 g/mol. The standard InChI is InChI=1S/C22H22N2O7S/c1-29-20-6-3-14(11-21(20)30-2)19-13-17(22(25)26)16-12-15(4-5-18(16)23-19)32(27,28)24-7-9-31-10-8-24/h3-6,11-13H,7-10H2,1-2H3,(H,25,26). The van der Waals surface area contributed by atoms with E-state index in [0.717, 1.165) is 0 Å². The van der Waals surface area contributed by atoms with Crippen LogP contribution in [0.5, 0.6) is 11.5 Å². The quantitative estimate of drug-likeness (QED) is 0.599. The topological polar surface area (TPSA) is 115 Å². The number of benzene rings is 2. The molecule has 2 heterocycles. The molecule has 3 aromatic rings. The van der Waals surface area contributed by atoms with Gasteiger partial charge in [0.1, 0.15) is 0 Å². The van der Waals surface area contributed by atoms with Gasteiger partial charge in [-0.1, -0.05) is 0 Å². The Labute approximate surface area is 185 Å². The molecule has 10 heteroatoms. The van der Waals surface area contributed by atoms with Gasteiger partial charge in [0.25, 0.3) is 0 Å². The van der Waals surface area contributed by atoms with E-state index < -0.39 is 16.0 Å². The Bertz CT molecular complexity index is 1280. The van der Waals surface area contributed by atoms with Crippen molar-refractivity contribution < 1.29 is 32.5 Å². The Morgan fingerprint density at radius 3 is 2.41 bits per heavy atom. The zero-order valence-electron chi connectivity index (χ0n) is 17.6. The Morgan fingerprint density at radius 2 is 1.75 bits per heavy atom. The van der Waals surface area contributed by atoms with E-state index >= 15 is 0 Å². The number of ether oxygens (including phenoxy) is 3. The Balaban J connectivity index is 1.83. The lowest BCUT2D eigenvalue weighted by molar-refractivity contribution is 0.0699. The molecule has 0 saturated carbocycles. The number of aromatic carboxylic acids is 1. The molecule has 9 nitrogen and oxygen atoms in total. The first-order valence-corrected chi connectivity index (χ1v) is 11.3. The number of carbonyl (C=O) groups is 1. The van der Waals surface area contributed by atoms with Gasteiger partial charge in [0, 0.05) is 24.0 Å². The highest BCUT2D eigenvalue weighted by Crippen LogP contribution is 2.33. The van der Waals surface area contributed by atoms with E-state index in [4.69, 9.17) is 14.2 Å². The molecule has 1 N–H and O–H groups in total. The summed E-state index contributed by atoms with van der Waals surface area (Å²) in [6, 6.07) is 10.9. The summed E-state index contributed by atoms with van der Waals surface area (Å²) >= 11 is 0. The largest absolute Gasteiger partial charge is 0.493 e. The molecule has 1 aliphatic heterocycles. The molecule has 4 rings (SSSR count). The summed E-state index contributed by atoms with van der Waals surface area (Å²) in [5, 5.41) is 10.1. The third-order valence-electron chi connectivity index (χ3n) is 5.30. The zero-order chi connectivity index (χ0) is 22.9. The van der Waals surface area contributed by atoms with Crippen molar-refractivity contribution in [2.24, 2.45) is 0 Å². The lowest BCUT2D eigenvalue weighted by atomic mass is 10.0. The first kappa shape index (κ1) is 22.0. The molecule has 0 radical (unpaired) electrons. The van der Waals surface area contributed by atoms with Crippen molar-refractivity contribution in [1.82, 2.24) is 9.29 Å². The van der Waals surface area contributed by atoms with Gasteiger partial charge < -0.3 is 19.3 Å². The minimum Gasteiger partial charge on any atom is -0.493 e. The summed E-state index contributed by atoms with van der Waals surface area (Å²) in [7, 11) is -0.740. The van der Waals surface area contributed by atoms with Crippen LogP contribution in [-0.2, 0) is 14.8 Å². The van der Waals surface area contributed by atoms with Crippen LogP contribution in [0.2, 0.25) is 0 Å². The van der Waals surface area contributed by atoms with Crippen molar-refractivity contribution in [2.75, 3.05) is 40.5 Å². The van der Waals surface area contributed by atoms with Gasteiger partial charge in [-0.15, -0.1) is 0 Å². The number of carboxylic acids is 1. The van der Waals surface area contributed by atoms with E-state index in [1.165, 1.54) is 42.8 Å². The highest BCUT2D eigenvalue weighted by molar-refractivity contribution is 7.89. The molecule has 0 atom stereocenters. The van der Waals surface area contributed by atoms with E-state index in [0.29, 0.717) is 41.5 Å². The normalized spacial score (nSPS) is 14.9. The van der Waals surface area contributed by atoms with Crippen LogP contribution in [0.1, 0.15) is 10.4 Å². The molecule has 1 fully saturated rings. The van der Waals surface area contributed by atoms with Gasteiger partial charge in [0.05, 0.1) is 49.1 Å². The number of rotatable bonds is 6. The first-order chi connectivity index (χ1) is 15.3. The Morgan fingerprint density at radius 1 is 1.03 bits per heavy atom. The predicted octanol–water partition coefficient (Wildman–Crippen LogP) is 2.64. The van der Waals surface area contributed by atoms with E-state index in [1.807, 2.05) is 0 Å². The van der Waals surface area contributed by atoms with Crippen LogP contribution < -0.4 is 9.47 Å². The molecular formula is C22H22N2O7S. The van der Waals surface area contributed by atoms with Crippen LogP contribution in [0.15, 0.2) is 47.4 Å². The molecule has 1 aliphatic rings. The van der Waals surface area contributed by atoms with Crippen molar-refractivity contribution >= 4 is 26.9 Å². The van der Waals surface area contributed by atoms with Gasteiger partial charge in [0.15, 0.2) is 11.5 Å². The molecule has 0 bridgehead atoms. The van der Waals surface area contributed by atoms with Gasteiger partial charge in [0.2, 0.25) is 10.0 Å². The second kappa shape index (κ2) is 8.73. The molecule has 1 saturated heterocycles.